The molecule has 0 saturated heterocycles. The first-order valence-corrected chi connectivity index (χ1v) is 9.03. The number of halogens is 1. The number of aliphatic imine (C=N–C) groups is 1. The monoisotopic (exact) mass is 376 g/mol. The Hall–Kier alpha value is -3.41. The first kappa shape index (κ1) is 18.0. The topological polar surface area (TPSA) is 52.8 Å². The van der Waals surface area contributed by atoms with E-state index >= 15 is 0 Å². The molecule has 4 rings (SSSR count). The van der Waals surface area contributed by atoms with Crippen molar-refractivity contribution in [1.82, 2.24) is 4.90 Å². The Bertz CT molecular complexity index is 1040. The van der Waals surface area contributed by atoms with E-state index in [-0.39, 0.29) is 24.8 Å². The van der Waals surface area contributed by atoms with Gasteiger partial charge in [-0.25, -0.2) is 9.18 Å². The predicted octanol–water partition coefficient (Wildman–Crippen LogP) is 3.46. The zero-order chi connectivity index (χ0) is 19.7. The van der Waals surface area contributed by atoms with Crippen LogP contribution in [0.3, 0.4) is 0 Å². The van der Waals surface area contributed by atoms with E-state index < -0.39 is 11.9 Å². The molecule has 2 heterocycles. The molecule has 2 aromatic carbocycles. The van der Waals surface area contributed by atoms with Crippen LogP contribution in [0.5, 0.6) is 0 Å². The van der Waals surface area contributed by atoms with Crippen molar-refractivity contribution in [3.05, 3.63) is 83.2 Å². The van der Waals surface area contributed by atoms with Gasteiger partial charge in [-0.1, -0.05) is 48.0 Å². The fourth-order valence-electron chi connectivity index (χ4n) is 3.37. The summed E-state index contributed by atoms with van der Waals surface area (Å²) in [5, 5.41) is 0. The molecule has 0 saturated carbocycles. The number of rotatable bonds is 4. The van der Waals surface area contributed by atoms with Gasteiger partial charge in [-0.05, 0) is 36.3 Å². The van der Waals surface area contributed by atoms with Crippen molar-refractivity contribution in [2.24, 2.45) is 10.9 Å². The van der Waals surface area contributed by atoms with Gasteiger partial charge >= 0.3 is 11.9 Å². The molecule has 6 heteroatoms. The lowest BCUT2D eigenvalue weighted by molar-refractivity contribution is -0.458. The van der Waals surface area contributed by atoms with E-state index in [0.29, 0.717) is 11.4 Å². The van der Waals surface area contributed by atoms with Crippen molar-refractivity contribution in [2.45, 2.75) is 20.0 Å². The molecule has 5 nitrogen and oxygen atoms in total. The Morgan fingerprint density at radius 1 is 1.11 bits per heavy atom. The van der Waals surface area contributed by atoms with E-state index in [1.165, 1.54) is 21.6 Å². The van der Waals surface area contributed by atoms with Gasteiger partial charge in [-0.15, -0.1) is 4.99 Å². The smallest absolute Gasteiger partial charge is 0.255 e. The van der Waals surface area contributed by atoms with E-state index in [0.717, 1.165) is 11.1 Å². The minimum atomic E-state index is -0.623. The molecule has 0 bridgehead atoms. The quantitative estimate of drug-likeness (QED) is 0.768. The molecule has 0 aliphatic carbocycles. The van der Waals surface area contributed by atoms with Gasteiger partial charge in [0, 0.05) is 0 Å². The number of carbonyl (C=O) groups is 2. The number of nitrogens with zero attached hydrogens (tertiary/aromatic N) is 3. The zero-order valence-electron chi connectivity index (χ0n) is 15.4. The predicted molar refractivity (Wildman–Crippen MR) is 104 cm³/mol. The SMILES string of the molecule is Cc1ccc(CN2C(=O)C3C=CC=NC3=[N+](Cc3cccc(F)c3)C2=O)cc1. The molecule has 0 fully saturated rings. The average Bonchev–Trinajstić information content (AvgIpc) is 2.70. The summed E-state index contributed by atoms with van der Waals surface area (Å²) in [6.07, 6.45) is 4.99. The van der Waals surface area contributed by atoms with Gasteiger partial charge in [0.05, 0.1) is 0 Å². The van der Waals surface area contributed by atoms with Crippen molar-refractivity contribution in [3.63, 3.8) is 0 Å². The standard InChI is InChI=1S/C22H19FN3O2/c1-15-7-9-16(10-8-15)13-26-21(27)19-6-3-11-24-20(19)25(22(26)28)14-17-4-2-5-18(23)12-17/h2-12,19H,13-14H2,1H3/q+1. The minimum Gasteiger partial charge on any atom is -0.255 e. The Kier molecular flexibility index (Phi) is 4.69. The molecule has 2 aliphatic rings. The van der Waals surface area contributed by atoms with E-state index in [1.54, 1.807) is 30.5 Å². The maximum absolute atomic E-state index is 13.6. The summed E-state index contributed by atoms with van der Waals surface area (Å²) in [5.41, 5.74) is 2.60. The van der Waals surface area contributed by atoms with Crippen molar-refractivity contribution in [1.29, 1.82) is 0 Å². The third-order valence-corrected chi connectivity index (χ3v) is 4.84. The number of dihydropyridines is 1. The van der Waals surface area contributed by atoms with E-state index in [2.05, 4.69) is 4.99 Å². The van der Waals surface area contributed by atoms with Gasteiger partial charge in [0.15, 0.2) is 5.92 Å². The van der Waals surface area contributed by atoms with Crippen LogP contribution < -0.4 is 0 Å². The van der Waals surface area contributed by atoms with Gasteiger partial charge in [0.1, 0.15) is 25.1 Å². The number of fused-ring (bicyclic) bond motifs is 1. The van der Waals surface area contributed by atoms with Crippen molar-refractivity contribution in [3.8, 4) is 0 Å². The van der Waals surface area contributed by atoms with Crippen molar-refractivity contribution < 1.29 is 18.6 Å². The number of hydrogen-bond acceptors (Lipinski definition) is 3. The first-order chi connectivity index (χ1) is 13.5. The second-order valence-corrected chi connectivity index (χ2v) is 6.91. The molecule has 0 aromatic heterocycles. The van der Waals surface area contributed by atoms with Crippen LogP contribution in [0.4, 0.5) is 9.18 Å². The minimum absolute atomic E-state index is 0.144. The molecule has 1 unspecified atom stereocenters. The third kappa shape index (κ3) is 3.41. The fourth-order valence-corrected chi connectivity index (χ4v) is 3.37. The van der Waals surface area contributed by atoms with Crippen LogP contribution >= 0.6 is 0 Å². The van der Waals surface area contributed by atoms with Crippen molar-refractivity contribution in [2.75, 3.05) is 0 Å². The van der Waals surface area contributed by atoms with E-state index in [4.69, 9.17) is 0 Å². The largest absolute Gasteiger partial charge is 0.446 e. The summed E-state index contributed by atoms with van der Waals surface area (Å²) in [4.78, 5) is 31.6. The second-order valence-electron chi connectivity index (χ2n) is 6.91. The van der Waals surface area contributed by atoms with Gasteiger partial charge in [-0.2, -0.15) is 9.48 Å². The molecule has 1 atom stereocenters. The average molecular weight is 376 g/mol. The molecular formula is C22H19FN3O2+. The summed E-state index contributed by atoms with van der Waals surface area (Å²) in [5.74, 6) is -0.920. The zero-order valence-corrected chi connectivity index (χ0v) is 15.4. The highest BCUT2D eigenvalue weighted by Crippen LogP contribution is 2.22. The Morgan fingerprint density at radius 2 is 1.89 bits per heavy atom. The highest BCUT2D eigenvalue weighted by atomic mass is 19.1. The lowest BCUT2D eigenvalue weighted by Gasteiger charge is -2.27. The number of aryl methyl sites for hydroxylation is 1. The van der Waals surface area contributed by atoms with Gasteiger partial charge < -0.3 is 0 Å². The normalized spacial score (nSPS) is 18.6. The summed E-state index contributed by atoms with van der Waals surface area (Å²) in [6, 6.07) is 13.3. The highest BCUT2D eigenvalue weighted by molar-refractivity contribution is 6.14. The van der Waals surface area contributed by atoms with Gasteiger partial charge in [-0.3, -0.25) is 4.79 Å². The molecule has 3 amide bonds. The molecule has 0 spiro atoms. The van der Waals surface area contributed by atoms with Crippen LogP contribution in [0, 0.1) is 18.7 Å². The molecule has 2 aromatic rings. The number of hydrogen-bond donors (Lipinski definition) is 0. The van der Waals surface area contributed by atoms with E-state index in [9.17, 15) is 14.0 Å². The number of amidine groups is 1. The van der Waals surface area contributed by atoms with Crippen LogP contribution in [0.15, 0.2) is 65.7 Å². The summed E-state index contributed by atoms with van der Waals surface area (Å²) in [6.45, 7) is 2.30. The van der Waals surface area contributed by atoms with Crippen LogP contribution in [0.1, 0.15) is 16.7 Å². The molecule has 140 valence electrons. The molecule has 2 aliphatic heterocycles. The Labute approximate surface area is 162 Å². The van der Waals surface area contributed by atoms with Crippen molar-refractivity contribution >= 4 is 24.0 Å². The highest BCUT2D eigenvalue weighted by Gasteiger charge is 2.46. The number of urea groups is 1. The number of allylic oxidation sites excluding steroid dienone is 1. The van der Waals surface area contributed by atoms with E-state index in [1.807, 2.05) is 31.2 Å². The van der Waals surface area contributed by atoms with Gasteiger partial charge in [0.2, 0.25) is 0 Å². The van der Waals surface area contributed by atoms with Crippen LogP contribution in [0.2, 0.25) is 0 Å². The fraction of sp³-hybridized carbons (Fsp3) is 0.182. The first-order valence-electron chi connectivity index (χ1n) is 9.03. The van der Waals surface area contributed by atoms with Crippen LogP contribution in [-0.4, -0.2) is 33.5 Å². The lowest BCUT2D eigenvalue weighted by Crippen LogP contribution is -2.53. The molecule has 28 heavy (non-hydrogen) atoms. The number of imide groups is 1. The number of benzene rings is 2. The Balaban J connectivity index is 1.71. The maximum atomic E-state index is 13.6. The number of amides is 3. The second kappa shape index (κ2) is 7.31. The lowest BCUT2D eigenvalue weighted by atomic mass is 10.0. The summed E-state index contributed by atoms with van der Waals surface area (Å²) in [7, 11) is 0. The van der Waals surface area contributed by atoms with Crippen LogP contribution in [-0.2, 0) is 17.9 Å². The molecule has 0 radical (unpaired) electrons. The number of carbonyl (C=O) groups excluding carboxylic acids is 2. The maximum Gasteiger partial charge on any atom is 0.446 e. The summed E-state index contributed by atoms with van der Waals surface area (Å²) < 4.78 is 15.0. The summed E-state index contributed by atoms with van der Waals surface area (Å²) >= 11 is 0. The Morgan fingerprint density at radius 3 is 2.64 bits per heavy atom. The molecule has 0 N–H and O–H groups in total. The van der Waals surface area contributed by atoms with Gasteiger partial charge in [0.25, 0.3) is 5.84 Å². The third-order valence-electron chi connectivity index (χ3n) is 4.84. The van der Waals surface area contributed by atoms with Crippen LogP contribution in [0.25, 0.3) is 0 Å². The molecular weight excluding hydrogens is 357 g/mol.